The van der Waals surface area contributed by atoms with Gasteiger partial charge in [-0.05, 0) is 31.5 Å². The van der Waals surface area contributed by atoms with Crippen LogP contribution in [-0.4, -0.2) is 49.6 Å². The Hall–Kier alpha value is -0.900. The van der Waals surface area contributed by atoms with Crippen molar-refractivity contribution in [3.05, 3.63) is 35.9 Å². The Morgan fingerprint density at radius 3 is 2.83 bits per heavy atom. The first-order valence-electron chi connectivity index (χ1n) is 6.93. The van der Waals surface area contributed by atoms with E-state index in [0.29, 0.717) is 0 Å². The monoisotopic (exact) mass is 247 g/mol. The topological polar surface area (TPSA) is 32.5 Å². The van der Waals surface area contributed by atoms with Crippen molar-refractivity contribution in [1.82, 2.24) is 9.80 Å². The molecule has 1 unspecified atom stereocenters. The van der Waals surface area contributed by atoms with Gasteiger partial charge in [0.05, 0.1) is 0 Å². The first-order chi connectivity index (χ1) is 8.78. The van der Waals surface area contributed by atoms with Crippen LogP contribution in [0, 0.1) is 5.92 Å². The van der Waals surface area contributed by atoms with Gasteiger partial charge in [0, 0.05) is 32.7 Å². The number of hydrogen-bond donors (Lipinski definition) is 1. The van der Waals surface area contributed by atoms with Crippen molar-refractivity contribution in [3.63, 3.8) is 0 Å². The first kappa shape index (κ1) is 13.5. The van der Waals surface area contributed by atoms with Gasteiger partial charge in [-0.1, -0.05) is 30.3 Å². The molecule has 0 radical (unpaired) electrons. The fourth-order valence-electron chi connectivity index (χ4n) is 2.80. The fourth-order valence-corrected chi connectivity index (χ4v) is 2.80. The summed E-state index contributed by atoms with van der Waals surface area (Å²) in [7, 11) is 2.17. The molecule has 1 aromatic rings. The molecular weight excluding hydrogens is 222 g/mol. The van der Waals surface area contributed by atoms with Gasteiger partial charge in [-0.3, -0.25) is 4.90 Å². The Bertz CT molecular complexity index is 339. The lowest BCUT2D eigenvalue weighted by Gasteiger charge is -2.21. The molecule has 1 aliphatic rings. The van der Waals surface area contributed by atoms with E-state index in [0.717, 1.165) is 25.6 Å². The van der Waals surface area contributed by atoms with Crippen LogP contribution in [0.5, 0.6) is 0 Å². The van der Waals surface area contributed by atoms with Crippen molar-refractivity contribution < 1.29 is 0 Å². The number of likely N-dealkylation sites (tertiary alicyclic amines) is 1. The van der Waals surface area contributed by atoms with Gasteiger partial charge in [-0.2, -0.15) is 0 Å². The van der Waals surface area contributed by atoms with Crippen LogP contribution in [0.4, 0.5) is 0 Å². The summed E-state index contributed by atoms with van der Waals surface area (Å²) in [5.41, 5.74) is 7.01. The van der Waals surface area contributed by atoms with E-state index in [1.165, 1.54) is 31.6 Å². The van der Waals surface area contributed by atoms with Gasteiger partial charge in [-0.15, -0.1) is 0 Å². The molecule has 1 aliphatic heterocycles. The maximum absolute atomic E-state index is 5.58. The quantitative estimate of drug-likeness (QED) is 0.825. The van der Waals surface area contributed by atoms with Crippen molar-refractivity contribution in [2.75, 3.05) is 39.8 Å². The van der Waals surface area contributed by atoms with Crippen LogP contribution in [0.25, 0.3) is 0 Å². The summed E-state index contributed by atoms with van der Waals surface area (Å²) < 4.78 is 0. The zero-order valence-corrected chi connectivity index (χ0v) is 11.4. The summed E-state index contributed by atoms with van der Waals surface area (Å²) in [6, 6.07) is 10.8. The van der Waals surface area contributed by atoms with Gasteiger partial charge in [0.1, 0.15) is 0 Å². The number of nitrogens with zero attached hydrogens (tertiary/aromatic N) is 2. The summed E-state index contributed by atoms with van der Waals surface area (Å²) >= 11 is 0. The Morgan fingerprint density at radius 2 is 2.11 bits per heavy atom. The van der Waals surface area contributed by atoms with E-state index in [1.54, 1.807) is 0 Å². The van der Waals surface area contributed by atoms with Crippen molar-refractivity contribution >= 4 is 0 Å². The lowest BCUT2D eigenvalue weighted by molar-refractivity contribution is 0.264. The minimum atomic E-state index is 0.761. The summed E-state index contributed by atoms with van der Waals surface area (Å²) in [6.45, 7) is 6.51. The number of hydrogen-bond acceptors (Lipinski definition) is 3. The van der Waals surface area contributed by atoms with Crippen molar-refractivity contribution in [3.8, 4) is 0 Å². The molecule has 0 aliphatic carbocycles. The summed E-state index contributed by atoms with van der Waals surface area (Å²) in [5.74, 6) is 0.810. The highest BCUT2D eigenvalue weighted by Crippen LogP contribution is 2.19. The molecular formula is C15H25N3. The molecule has 0 amide bonds. The molecule has 0 bridgehead atoms. The summed E-state index contributed by atoms with van der Waals surface area (Å²) in [6.07, 6.45) is 1.32. The molecule has 1 atom stereocenters. The molecule has 3 nitrogen and oxygen atoms in total. The highest BCUT2D eigenvalue weighted by atomic mass is 15.2. The number of benzene rings is 1. The van der Waals surface area contributed by atoms with Gasteiger partial charge < -0.3 is 10.6 Å². The first-order valence-corrected chi connectivity index (χ1v) is 6.93. The van der Waals surface area contributed by atoms with E-state index < -0.39 is 0 Å². The Labute approximate surface area is 111 Å². The molecule has 100 valence electrons. The van der Waals surface area contributed by atoms with E-state index in [-0.39, 0.29) is 0 Å². The largest absolute Gasteiger partial charge is 0.329 e. The minimum Gasteiger partial charge on any atom is -0.329 e. The summed E-state index contributed by atoms with van der Waals surface area (Å²) in [4.78, 5) is 4.92. The molecule has 1 aromatic carbocycles. The fraction of sp³-hybridized carbons (Fsp3) is 0.600. The third-order valence-electron chi connectivity index (χ3n) is 3.70. The van der Waals surface area contributed by atoms with Gasteiger partial charge in [0.25, 0.3) is 0 Å². The van der Waals surface area contributed by atoms with E-state index in [1.807, 2.05) is 0 Å². The van der Waals surface area contributed by atoms with Crippen LogP contribution in [0.15, 0.2) is 30.3 Å². The second-order valence-corrected chi connectivity index (χ2v) is 5.43. The van der Waals surface area contributed by atoms with Crippen molar-refractivity contribution in [2.24, 2.45) is 11.7 Å². The average Bonchev–Trinajstić information content (AvgIpc) is 2.78. The number of nitrogens with two attached hydrogens (primary N) is 1. The molecule has 1 saturated heterocycles. The zero-order valence-electron chi connectivity index (χ0n) is 11.4. The second-order valence-electron chi connectivity index (χ2n) is 5.43. The predicted octanol–water partition coefficient (Wildman–Crippen LogP) is 1.40. The van der Waals surface area contributed by atoms with Crippen LogP contribution < -0.4 is 5.73 Å². The number of rotatable bonds is 6. The van der Waals surface area contributed by atoms with Crippen molar-refractivity contribution in [1.29, 1.82) is 0 Å². The van der Waals surface area contributed by atoms with Gasteiger partial charge >= 0.3 is 0 Å². The third-order valence-corrected chi connectivity index (χ3v) is 3.70. The van der Waals surface area contributed by atoms with Crippen LogP contribution in [0.1, 0.15) is 12.0 Å². The number of likely N-dealkylation sites (N-methyl/N-ethyl adjacent to an activating group) is 1. The van der Waals surface area contributed by atoms with Gasteiger partial charge in [0.2, 0.25) is 0 Å². The van der Waals surface area contributed by atoms with Crippen LogP contribution in [-0.2, 0) is 6.54 Å². The normalized spacial score (nSPS) is 20.7. The SMILES string of the molecule is CN(CCN)CC1CCN(Cc2ccccc2)C1. The molecule has 2 rings (SSSR count). The van der Waals surface area contributed by atoms with Crippen LogP contribution in [0.2, 0.25) is 0 Å². The van der Waals surface area contributed by atoms with E-state index in [4.69, 9.17) is 5.73 Å². The van der Waals surface area contributed by atoms with E-state index in [9.17, 15) is 0 Å². The Balaban J connectivity index is 1.75. The molecule has 0 aromatic heterocycles. The van der Waals surface area contributed by atoms with E-state index >= 15 is 0 Å². The highest BCUT2D eigenvalue weighted by Gasteiger charge is 2.23. The van der Waals surface area contributed by atoms with Crippen molar-refractivity contribution in [2.45, 2.75) is 13.0 Å². The van der Waals surface area contributed by atoms with Gasteiger partial charge in [-0.25, -0.2) is 0 Å². The molecule has 0 saturated carbocycles. The molecule has 18 heavy (non-hydrogen) atoms. The molecule has 1 heterocycles. The molecule has 1 fully saturated rings. The second kappa shape index (κ2) is 6.88. The third kappa shape index (κ3) is 4.09. The minimum absolute atomic E-state index is 0.761. The van der Waals surface area contributed by atoms with Crippen LogP contribution in [0.3, 0.4) is 0 Å². The van der Waals surface area contributed by atoms with E-state index in [2.05, 4.69) is 47.2 Å². The average molecular weight is 247 g/mol. The molecule has 0 spiro atoms. The smallest absolute Gasteiger partial charge is 0.0233 e. The lowest BCUT2D eigenvalue weighted by atomic mass is 10.1. The zero-order chi connectivity index (χ0) is 12.8. The molecule has 3 heteroatoms. The maximum atomic E-state index is 5.58. The Morgan fingerprint density at radius 1 is 1.33 bits per heavy atom. The van der Waals surface area contributed by atoms with Gasteiger partial charge in [0.15, 0.2) is 0 Å². The maximum Gasteiger partial charge on any atom is 0.0233 e. The highest BCUT2D eigenvalue weighted by molar-refractivity contribution is 5.14. The lowest BCUT2D eigenvalue weighted by Crippen LogP contribution is -2.31. The summed E-state index contributed by atoms with van der Waals surface area (Å²) in [5, 5.41) is 0. The Kier molecular flexibility index (Phi) is 5.17. The van der Waals surface area contributed by atoms with Crippen LogP contribution >= 0.6 is 0 Å². The molecule has 2 N–H and O–H groups in total. The standard InChI is InChI=1S/C15H25N3/c1-17(10-8-16)11-15-7-9-18(13-15)12-14-5-3-2-4-6-14/h2-6,15H,7-13,16H2,1H3. The predicted molar refractivity (Wildman–Crippen MR) is 76.4 cm³/mol.